The summed E-state index contributed by atoms with van der Waals surface area (Å²) in [4.78, 5) is 33.8. The Balaban J connectivity index is 2.17. The minimum absolute atomic E-state index is 0.0804. The van der Waals surface area contributed by atoms with Crippen molar-refractivity contribution < 1.29 is 20.5 Å². The van der Waals surface area contributed by atoms with Crippen molar-refractivity contribution >= 4 is 17.9 Å². The average Bonchev–Trinajstić information content (AvgIpc) is 2.47. The molecule has 0 fully saturated rings. The number of hydrazine groups is 1. The predicted molar refractivity (Wildman–Crippen MR) is 76.8 cm³/mol. The molecule has 1 aliphatic rings. The van der Waals surface area contributed by atoms with E-state index in [1.54, 1.807) is 5.73 Å². The zero-order valence-corrected chi connectivity index (χ0v) is 12.0. The van der Waals surface area contributed by atoms with Crippen LogP contribution in [-0.2, 0) is 14.3 Å². The molecule has 1 atom stereocenters. The minimum Gasteiger partial charge on any atom is -0.441 e. The van der Waals surface area contributed by atoms with Crippen molar-refractivity contribution in [3.63, 3.8) is 0 Å². The Kier molecular flexibility index (Phi) is 7.15. The van der Waals surface area contributed by atoms with Crippen LogP contribution in [-0.4, -0.2) is 24.0 Å². The number of hydrogen-bond acceptors (Lipinski definition) is 4. The molecule has 0 radical (unpaired) electrons. The fourth-order valence-corrected chi connectivity index (χ4v) is 1.99. The van der Waals surface area contributed by atoms with Crippen molar-refractivity contribution in [1.29, 1.82) is 0 Å². The van der Waals surface area contributed by atoms with E-state index in [0.29, 0.717) is 6.42 Å². The van der Waals surface area contributed by atoms with Gasteiger partial charge in [0.25, 0.3) is 0 Å². The van der Waals surface area contributed by atoms with Gasteiger partial charge in [0.05, 0.1) is 0 Å². The standard InChI is InChI=1S/C14H23N3O4/c15-12(18)9-6-10-13(19)16-17-14(20)21-11-7-4-2-1-3-5-8-11/h4,7,11H,1-3,5-6,8-10H2,(H2,15,18)(H,16,19)(H,17,20)/b7-4+/i/hD. The van der Waals surface area contributed by atoms with Gasteiger partial charge in [-0.1, -0.05) is 12.5 Å². The zero-order chi connectivity index (χ0) is 16.2. The van der Waals surface area contributed by atoms with Gasteiger partial charge in [-0.15, -0.1) is 0 Å². The Morgan fingerprint density at radius 3 is 2.90 bits per heavy atom. The fourth-order valence-electron chi connectivity index (χ4n) is 1.99. The summed E-state index contributed by atoms with van der Waals surface area (Å²) in [6.07, 6.45) is 8.44. The summed E-state index contributed by atoms with van der Waals surface area (Å²) >= 11 is 0. The van der Waals surface area contributed by atoms with Crippen LogP contribution in [0, 0.1) is 0 Å². The van der Waals surface area contributed by atoms with Gasteiger partial charge in [0.15, 0.2) is 1.41 Å². The van der Waals surface area contributed by atoms with Gasteiger partial charge in [-0.25, -0.2) is 10.2 Å². The molecule has 3 amide bonds. The quantitative estimate of drug-likeness (QED) is 0.524. The average molecular weight is 298 g/mol. The number of allylic oxidation sites excluding steroid dienone is 1. The van der Waals surface area contributed by atoms with Crippen molar-refractivity contribution in [2.75, 3.05) is 0 Å². The van der Waals surface area contributed by atoms with Crippen molar-refractivity contribution in [1.82, 2.24) is 10.9 Å². The molecule has 0 bridgehead atoms. The van der Waals surface area contributed by atoms with Gasteiger partial charge in [0, 0.05) is 12.8 Å². The monoisotopic (exact) mass is 298 g/mol. The first-order valence-corrected chi connectivity index (χ1v) is 7.24. The minimum atomic E-state index is -0.701. The summed E-state index contributed by atoms with van der Waals surface area (Å²) in [6.45, 7) is 0. The number of hydrogen-bond donors (Lipinski definition) is 3. The van der Waals surface area contributed by atoms with E-state index in [9.17, 15) is 14.4 Å². The van der Waals surface area contributed by atoms with Gasteiger partial charge in [-0.3, -0.25) is 15.0 Å². The largest absolute Gasteiger partial charge is 0.441 e. The van der Waals surface area contributed by atoms with Crippen LogP contribution < -0.4 is 16.6 Å². The topological polar surface area (TPSA) is 111 Å². The molecule has 0 aromatic heterocycles. The fraction of sp³-hybridized carbons (Fsp3) is 0.643. The second kappa shape index (κ2) is 9.79. The van der Waals surface area contributed by atoms with E-state index >= 15 is 0 Å². The van der Waals surface area contributed by atoms with Crippen LogP contribution >= 0.6 is 0 Å². The SMILES string of the molecule is [2H]NC(=O)CCCC(=O)NNC(=O)OC1/C=C/CCCCC1. The molecule has 0 aromatic rings. The second-order valence-electron chi connectivity index (χ2n) is 4.96. The molecule has 0 aromatic carbocycles. The highest BCUT2D eigenvalue weighted by atomic mass is 16.6. The van der Waals surface area contributed by atoms with E-state index < -0.39 is 17.9 Å². The Hall–Kier alpha value is -2.05. The molecule has 0 aliphatic heterocycles. The number of primary amides is 1. The molecular formula is C14H23N3O4. The lowest BCUT2D eigenvalue weighted by atomic mass is 10.0. The lowest BCUT2D eigenvalue weighted by Crippen LogP contribution is -2.43. The van der Waals surface area contributed by atoms with Crippen molar-refractivity contribution in [3.8, 4) is 0 Å². The molecule has 118 valence electrons. The molecule has 1 rings (SSSR count). The first-order chi connectivity index (χ1) is 10.6. The maximum absolute atomic E-state index is 11.6. The molecule has 4 N–H and O–H groups in total. The Morgan fingerprint density at radius 2 is 2.10 bits per heavy atom. The molecule has 21 heavy (non-hydrogen) atoms. The summed E-state index contributed by atoms with van der Waals surface area (Å²) < 4.78 is 11.8. The van der Waals surface area contributed by atoms with Crippen molar-refractivity contribution in [3.05, 3.63) is 12.2 Å². The van der Waals surface area contributed by atoms with E-state index in [-0.39, 0.29) is 18.9 Å². The highest BCUT2D eigenvalue weighted by Gasteiger charge is 2.13. The molecule has 1 unspecified atom stereocenters. The molecule has 7 heteroatoms. The lowest BCUT2D eigenvalue weighted by Gasteiger charge is -2.16. The zero-order valence-electron chi connectivity index (χ0n) is 13.0. The van der Waals surface area contributed by atoms with E-state index in [4.69, 9.17) is 6.15 Å². The number of nitrogens with two attached hydrogens (primary N) is 1. The second-order valence-corrected chi connectivity index (χ2v) is 4.96. The molecule has 0 spiro atoms. The lowest BCUT2D eigenvalue weighted by molar-refractivity contribution is -0.122. The van der Waals surface area contributed by atoms with Gasteiger partial charge in [0.1, 0.15) is 6.10 Å². The smallest absolute Gasteiger partial charge is 0.426 e. The Bertz CT molecular complexity index is 415. The van der Waals surface area contributed by atoms with Crippen LogP contribution in [0.3, 0.4) is 0 Å². The Labute approximate surface area is 125 Å². The number of rotatable bonds is 5. The van der Waals surface area contributed by atoms with Crippen LogP contribution in [0.1, 0.15) is 51.4 Å². The van der Waals surface area contributed by atoms with Gasteiger partial charge < -0.3 is 10.5 Å². The van der Waals surface area contributed by atoms with Gasteiger partial charge in [-0.2, -0.15) is 0 Å². The summed E-state index contributed by atoms with van der Waals surface area (Å²) in [7, 11) is 0. The summed E-state index contributed by atoms with van der Waals surface area (Å²) in [6, 6.07) is 0. The molecule has 0 heterocycles. The number of amides is 3. The first kappa shape index (κ1) is 15.3. The van der Waals surface area contributed by atoms with Crippen LogP contribution in [0.4, 0.5) is 4.79 Å². The van der Waals surface area contributed by atoms with Crippen molar-refractivity contribution in [2.45, 2.75) is 57.5 Å². The molecule has 0 saturated carbocycles. The third kappa shape index (κ3) is 8.67. The first-order valence-electron chi connectivity index (χ1n) is 7.74. The highest BCUT2D eigenvalue weighted by Crippen LogP contribution is 2.14. The highest BCUT2D eigenvalue weighted by molar-refractivity contribution is 5.80. The summed E-state index contributed by atoms with van der Waals surface area (Å²) in [5, 5.41) is 0. The van der Waals surface area contributed by atoms with Gasteiger partial charge in [-0.05, 0) is 38.2 Å². The molecular weight excluding hydrogens is 274 g/mol. The normalized spacial score (nSPS) is 20.2. The maximum atomic E-state index is 11.6. The van der Waals surface area contributed by atoms with Crippen LogP contribution in [0.25, 0.3) is 0 Å². The van der Waals surface area contributed by atoms with Crippen molar-refractivity contribution in [2.24, 2.45) is 5.73 Å². The van der Waals surface area contributed by atoms with Crippen LogP contribution in [0.2, 0.25) is 1.41 Å². The van der Waals surface area contributed by atoms with E-state index in [0.717, 1.165) is 32.1 Å². The molecule has 7 nitrogen and oxygen atoms in total. The summed E-state index contributed by atoms with van der Waals surface area (Å²) in [5.74, 6) is -0.862. The predicted octanol–water partition coefficient (Wildman–Crippen LogP) is 1.29. The number of carbonyl (C=O) groups is 3. The third-order valence-corrected chi connectivity index (χ3v) is 3.08. The van der Waals surface area contributed by atoms with E-state index in [1.807, 2.05) is 12.2 Å². The van der Waals surface area contributed by atoms with Gasteiger partial charge in [0.2, 0.25) is 11.8 Å². The number of nitrogens with one attached hydrogen (secondary N) is 2. The maximum Gasteiger partial charge on any atom is 0.426 e. The van der Waals surface area contributed by atoms with Gasteiger partial charge >= 0.3 is 6.09 Å². The van der Waals surface area contributed by atoms with Crippen LogP contribution in [0.15, 0.2) is 12.2 Å². The molecule has 1 aliphatic carbocycles. The number of carbonyl (C=O) groups excluding carboxylic acids is 3. The van der Waals surface area contributed by atoms with E-state index in [1.165, 1.54) is 0 Å². The Morgan fingerprint density at radius 1 is 1.24 bits per heavy atom. The number of ether oxygens (including phenoxy) is 1. The van der Waals surface area contributed by atoms with Crippen LogP contribution in [0.5, 0.6) is 0 Å². The van der Waals surface area contributed by atoms with E-state index in [2.05, 4.69) is 10.9 Å². The summed E-state index contributed by atoms with van der Waals surface area (Å²) in [5.41, 5.74) is 6.14. The molecule has 0 saturated heterocycles. The third-order valence-electron chi connectivity index (χ3n) is 3.08.